The molecular weight excluding hydrogens is 368 g/mol. The van der Waals surface area contributed by atoms with Gasteiger partial charge in [-0.3, -0.25) is 9.59 Å². The summed E-state index contributed by atoms with van der Waals surface area (Å²) in [5.41, 5.74) is 0.829. The Kier molecular flexibility index (Phi) is 4.81. The number of amides is 1. The Morgan fingerprint density at radius 2 is 1.88 bits per heavy atom. The number of fused-ring (bicyclic) bond motifs is 1. The van der Waals surface area contributed by atoms with E-state index in [1.54, 1.807) is 12.3 Å². The number of aromatic nitrogens is 1. The highest BCUT2D eigenvalue weighted by molar-refractivity contribution is 9.10. The number of nitrogens with one attached hydrogen (secondary N) is 1. The van der Waals surface area contributed by atoms with Gasteiger partial charge in [-0.1, -0.05) is 36.4 Å². The van der Waals surface area contributed by atoms with Crippen molar-refractivity contribution in [1.82, 2.24) is 9.88 Å². The molecule has 3 aromatic rings. The third kappa shape index (κ3) is 3.74. The molecule has 1 amide bonds. The van der Waals surface area contributed by atoms with E-state index in [-0.39, 0.29) is 24.1 Å². The normalized spacial score (nSPS) is 12.1. The monoisotopic (exact) mass is 384 g/mol. The fourth-order valence-electron chi connectivity index (χ4n) is 2.63. The minimum absolute atomic E-state index is 0.00378. The molecule has 24 heavy (non-hydrogen) atoms. The number of hydrogen-bond donors (Lipinski definition) is 1. The topological polar surface area (TPSA) is 51.1 Å². The van der Waals surface area contributed by atoms with E-state index >= 15 is 0 Å². The first-order chi connectivity index (χ1) is 11.5. The summed E-state index contributed by atoms with van der Waals surface area (Å²) in [7, 11) is 0. The molecule has 0 aliphatic heterocycles. The molecule has 0 radical (unpaired) electrons. The summed E-state index contributed by atoms with van der Waals surface area (Å²) in [5.74, 6) is -0.198. The fourth-order valence-corrected chi connectivity index (χ4v) is 3.01. The van der Waals surface area contributed by atoms with Crippen LogP contribution in [0.15, 0.2) is 70.1 Å². The Morgan fingerprint density at radius 1 is 1.12 bits per heavy atom. The zero-order valence-electron chi connectivity index (χ0n) is 13.2. The number of halogens is 1. The summed E-state index contributed by atoms with van der Waals surface area (Å²) in [6.45, 7) is 1.93. The van der Waals surface area contributed by atoms with Gasteiger partial charge in [-0.15, -0.1) is 0 Å². The van der Waals surface area contributed by atoms with Crippen LogP contribution in [0.1, 0.15) is 18.5 Å². The van der Waals surface area contributed by atoms with Crippen molar-refractivity contribution >= 4 is 32.6 Å². The summed E-state index contributed by atoms with van der Waals surface area (Å²) in [6.07, 6.45) is 1.61. The molecule has 1 N–H and O–H groups in total. The third-order valence-electron chi connectivity index (χ3n) is 3.91. The van der Waals surface area contributed by atoms with Crippen LogP contribution in [0.25, 0.3) is 10.8 Å². The molecule has 0 bridgehead atoms. The summed E-state index contributed by atoms with van der Waals surface area (Å²) in [6, 6.07) is 17.2. The van der Waals surface area contributed by atoms with Gasteiger partial charge in [-0.2, -0.15) is 0 Å². The minimum atomic E-state index is -0.202. The van der Waals surface area contributed by atoms with Crippen molar-refractivity contribution in [2.24, 2.45) is 0 Å². The number of rotatable bonds is 4. The molecule has 0 saturated carbocycles. The molecule has 2 aromatic carbocycles. The van der Waals surface area contributed by atoms with Gasteiger partial charge in [0.15, 0.2) is 0 Å². The molecular formula is C19H17BrN2O2. The first kappa shape index (κ1) is 16.5. The van der Waals surface area contributed by atoms with Crippen LogP contribution in [0.3, 0.4) is 0 Å². The summed E-state index contributed by atoms with van der Waals surface area (Å²) in [4.78, 5) is 24.0. The van der Waals surface area contributed by atoms with E-state index in [0.29, 0.717) is 0 Å². The number of benzene rings is 2. The van der Waals surface area contributed by atoms with Crippen molar-refractivity contribution in [2.45, 2.75) is 19.5 Å². The molecule has 0 spiro atoms. The molecule has 1 heterocycles. The smallest absolute Gasteiger partial charge is 0.251 e. The lowest BCUT2D eigenvalue weighted by molar-refractivity contribution is -0.122. The predicted molar refractivity (Wildman–Crippen MR) is 98.9 cm³/mol. The van der Waals surface area contributed by atoms with Gasteiger partial charge in [0.25, 0.3) is 5.56 Å². The van der Waals surface area contributed by atoms with Gasteiger partial charge in [0.05, 0.1) is 6.04 Å². The van der Waals surface area contributed by atoms with Crippen molar-refractivity contribution < 1.29 is 4.79 Å². The maximum absolute atomic E-state index is 12.2. The van der Waals surface area contributed by atoms with Gasteiger partial charge in [0.2, 0.25) is 5.91 Å². The van der Waals surface area contributed by atoms with E-state index in [2.05, 4.69) is 39.4 Å². The average Bonchev–Trinajstić information content (AvgIpc) is 2.57. The second-order valence-corrected chi connectivity index (χ2v) is 6.62. The van der Waals surface area contributed by atoms with Crippen LogP contribution in [0.4, 0.5) is 0 Å². The fraction of sp³-hybridized carbons (Fsp3) is 0.158. The second-order valence-electron chi connectivity index (χ2n) is 5.71. The lowest BCUT2D eigenvalue weighted by atomic mass is 10.0. The summed E-state index contributed by atoms with van der Waals surface area (Å²) >= 11 is 3.31. The van der Waals surface area contributed by atoms with Crippen LogP contribution >= 0.6 is 15.9 Å². The molecule has 122 valence electrons. The lowest BCUT2D eigenvalue weighted by Crippen LogP contribution is -2.33. The van der Waals surface area contributed by atoms with Gasteiger partial charge in [-0.25, -0.2) is 0 Å². The molecule has 0 saturated heterocycles. The quantitative estimate of drug-likeness (QED) is 0.746. The number of pyridine rings is 1. The van der Waals surface area contributed by atoms with Crippen molar-refractivity contribution in [3.05, 3.63) is 81.2 Å². The van der Waals surface area contributed by atoms with E-state index in [1.165, 1.54) is 16.0 Å². The zero-order valence-corrected chi connectivity index (χ0v) is 14.8. The third-order valence-corrected chi connectivity index (χ3v) is 4.38. The highest BCUT2D eigenvalue weighted by Crippen LogP contribution is 2.20. The van der Waals surface area contributed by atoms with E-state index in [4.69, 9.17) is 0 Å². The van der Waals surface area contributed by atoms with E-state index in [9.17, 15) is 9.59 Å². The molecule has 0 aliphatic carbocycles. The van der Waals surface area contributed by atoms with Crippen LogP contribution in [-0.2, 0) is 11.3 Å². The predicted octanol–water partition coefficient (Wildman–Crippen LogP) is 3.64. The van der Waals surface area contributed by atoms with Gasteiger partial charge in [-0.05, 0) is 51.3 Å². The standard InChI is InChI=1S/C19H17BrN2O2/c1-13(15-7-6-14-4-2-3-5-16(14)10-15)21-18(23)12-22-11-17(20)8-9-19(22)24/h2-11,13H,12H2,1H3,(H,21,23)/t13-/m0/s1. The molecule has 0 unspecified atom stereocenters. The molecule has 5 heteroatoms. The van der Waals surface area contributed by atoms with E-state index < -0.39 is 0 Å². The maximum Gasteiger partial charge on any atom is 0.251 e. The van der Waals surface area contributed by atoms with E-state index in [1.807, 2.05) is 31.2 Å². The van der Waals surface area contributed by atoms with Gasteiger partial charge < -0.3 is 9.88 Å². The Hall–Kier alpha value is -2.40. The van der Waals surface area contributed by atoms with Crippen LogP contribution < -0.4 is 10.9 Å². The SMILES string of the molecule is C[C@H](NC(=O)Cn1cc(Br)ccc1=O)c1ccc2ccccc2c1. The van der Waals surface area contributed by atoms with Gasteiger partial charge in [0.1, 0.15) is 6.54 Å². The first-order valence-corrected chi connectivity index (χ1v) is 8.46. The molecule has 0 fully saturated rings. The molecule has 4 nitrogen and oxygen atoms in total. The Balaban J connectivity index is 1.73. The van der Waals surface area contributed by atoms with Crippen LogP contribution in [0, 0.1) is 0 Å². The van der Waals surface area contributed by atoms with Crippen LogP contribution in [0.5, 0.6) is 0 Å². The Morgan fingerprint density at radius 3 is 2.67 bits per heavy atom. The zero-order chi connectivity index (χ0) is 17.1. The second kappa shape index (κ2) is 7.01. The number of hydrogen-bond acceptors (Lipinski definition) is 2. The number of nitrogens with zero attached hydrogens (tertiary/aromatic N) is 1. The van der Waals surface area contributed by atoms with Crippen LogP contribution in [0.2, 0.25) is 0 Å². The van der Waals surface area contributed by atoms with E-state index in [0.717, 1.165) is 15.4 Å². The van der Waals surface area contributed by atoms with Gasteiger partial charge in [0, 0.05) is 16.7 Å². The number of carbonyl (C=O) groups is 1. The lowest BCUT2D eigenvalue weighted by Gasteiger charge is -2.16. The van der Waals surface area contributed by atoms with Crippen molar-refractivity contribution in [2.75, 3.05) is 0 Å². The maximum atomic E-state index is 12.2. The van der Waals surface area contributed by atoms with Crippen molar-refractivity contribution in [1.29, 1.82) is 0 Å². The Labute approximate surface area is 148 Å². The largest absolute Gasteiger partial charge is 0.348 e. The minimum Gasteiger partial charge on any atom is -0.348 e. The molecule has 1 aromatic heterocycles. The molecule has 1 atom stereocenters. The highest BCUT2D eigenvalue weighted by atomic mass is 79.9. The average molecular weight is 385 g/mol. The number of carbonyl (C=O) groups excluding carboxylic acids is 1. The molecule has 0 aliphatic rings. The highest BCUT2D eigenvalue weighted by Gasteiger charge is 2.11. The summed E-state index contributed by atoms with van der Waals surface area (Å²) < 4.78 is 2.14. The molecule has 3 rings (SSSR count). The first-order valence-electron chi connectivity index (χ1n) is 7.67. The Bertz CT molecular complexity index is 949. The van der Waals surface area contributed by atoms with Crippen LogP contribution in [-0.4, -0.2) is 10.5 Å². The van der Waals surface area contributed by atoms with Crippen molar-refractivity contribution in [3.63, 3.8) is 0 Å². The summed E-state index contributed by atoms with van der Waals surface area (Å²) in [5, 5.41) is 5.25. The van der Waals surface area contributed by atoms with Crippen molar-refractivity contribution in [3.8, 4) is 0 Å². The van der Waals surface area contributed by atoms with Gasteiger partial charge >= 0.3 is 0 Å².